The monoisotopic (exact) mass is 169 g/mol. The van der Waals surface area contributed by atoms with Crippen LogP contribution in [0.5, 0.6) is 0 Å². The molecule has 0 radical (unpaired) electrons. The van der Waals surface area contributed by atoms with Gasteiger partial charge in [0.1, 0.15) is 0 Å². The van der Waals surface area contributed by atoms with Crippen LogP contribution in [0.4, 0.5) is 0 Å². The van der Waals surface area contributed by atoms with Gasteiger partial charge in [-0.1, -0.05) is 13.8 Å². The third-order valence-corrected chi connectivity index (χ3v) is 3.61. The molecule has 4 atom stereocenters. The van der Waals surface area contributed by atoms with Crippen LogP contribution in [0.2, 0.25) is 0 Å². The summed E-state index contributed by atoms with van der Waals surface area (Å²) in [4.78, 5) is 2.57. The van der Waals surface area contributed by atoms with E-state index in [1.807, 2.05) is 0 Å². The Morgan fingerprint density at radius 2 is 1.83 bits per heavy atom. The smallest absolute Gasteiger partial charge is 0.0474 e. The highest BCUT2D eigenvalue weighted by atomic mass is 16.3. The zero-order chi connectivity index (χ0) is 8.72. The van der Waals surface area contributed by atoms with Crippen LogP contribution < -0.4 is 0 Å². The Hall–Kier alpha value is -0.0800. The molecular formula is C10H19NO. The number of nitrogens with zero attached hydrogens (tertiary/aromatic N) is 1. The van der Waals surface area contributed by atoms with E-state index in [0.29, 0.717) is 12.5 Å². The fourth-order valence-corrected chi connectivity index (χ4v) is 2.32. The first-order chi connectivity index (χ1) is 5.72. The molecule has 0 aromatic rings. The van der Waals surface area contributed by atoms with Crippen molar-refractivity contribution in [2.75, 3.05) is 19.7 Å². The van der Waals surface area contributed by atoms with Crippen LogP contribution >= 0.6 is 0 Å². The van der Waals surface area contributed by atoms with Gasteiger partial charge in [-0.3, -0.25) is 4.90 Å². The third-order valence-electron chi connectivity index (χ3n) is 3.61. The highest BCUT2D eigenvalue weighted by Gasteiger charge is 2.44. The quantitative estimate of drug-likeness (QED) is 0.665. The molecule has 1 saturated carbocycles. The fraction of sp³-hybridized carbons (Fsp3) is 1.00. The van der Waals surface area contributed by atoms with E-state index >= 15 is 0 Å². The van der Waals surface area contributed by atoms with E-state index in [2.05, 4.69) is 18.7 Å². The predicted molar refractivity (Wildman–Crippen MR) is 48.9 cm³/mol. The zero-order valence-electron chi connectivity index (χ0n) is 8.03. The van der Waals surface area contributed by atoms with Gasteiger partial charge in [-0.2, -0.15) is 0 Å². The Morgan fingerprint density at radius 1 is 1.25 bits per heavy atom. The maximum absolute atomic E-state index is 8.94. The molecule has 1 N–H and O–H groups in total. The summed E-state index contributed by atoms with van der Waals surface area (Å²) < 4.78 is 0. The lowest BCUT2D eigenvalue weighted by Gasteiger charge is -2.14. The molecule has 1 heterocycles. The summed E-state index contributed by atoms with van der Waals surface area (Å²) in [6.07, 6.45) is 1.23. The van der Waals surface area contributed by atoms with Crippen molar-refractivity contribution < 1.29 is 5.11 Å². The molecule has 1 saturated heterocycles. The molecule has 1 aliphatic carbocycles. The Kier molecular flexibility index (Phi) is 2.13. The molecule has 12 heavy (non-hydrogen) atoms. The summed E-state index contributed by atoms with van der Waals surface area (Å²) in [5, 5.41) is 8.94. The summed E-state index contributed by atoms with van der Waals surface area (Å²) in [7, 11) is 0. The van der Waals surface area contributed by atoms with Gasteiger partial charge in [-0.25, -0.2) is 0 Å². The fourth-order valence-electron chi connectivity index (χ4n) is 2.32. The van der Waals surface area contributed by atoms with Crippen molar-refractivity contribution in [3.63, 3.8) is 0 Å². The molecule has 2 fully saturated rings. The van der Waals surface area contributed by atoms with Crippen LogP contribution in [0.3, 0.4) is 0 Å². The molecule has 0 bridgehead atoms. The van der Waals surface area contributed by atoms with Crippen LogP contribution in [0, 0.1) is 17.8 Å². The lowest BCUT2D eigenvalue weighted by Crippen LogP contribution is -2.25. The Balaban J connectivity index is 1.84. The zero-order valence-corrected chi connectivity index (χ0v) is 8.03. The molecular weight excluding hydrogens is 150 g/mol. The minimum Gasteiger partial charge on any atom is -0.396 e. The predicted octanol–water partition coefficient (Wildman–Crippen LogP) is 0.955. The van der Waals surface area contributed by atoms with E-state index in [-0.39, 0.29) is 0 Å². The second-order valence-electron chi connectivity index (χ2n) is 4.65. The van der Waals surface area contributed by atoms with Crippen molar-refractivity contribution >= 4 is 0 Å². The van der Waals surface area contributed by atoms with Gasteiger partial charge in [0.05, 0.1) is 0 Å². The first-order valence-corrected chi connectivity index (χ1v) is 5.07. The summed E-state index contributed by atoms with van der Waals surface area (Å²) in [6, 6.07) is 0.724. The average molecular weight is 169 g/mol. The molecule has 4 unspecified atom stereocenters. The number of rotatable bonds is 2. The number of hydrogen-bond donors (Lipinski definition) is 1. The second kappa shape index (κ2) is 3.00. The largest absolute Gasteiger partial charge is 0.396 e. The molecule has 2 nitrogen and oxygen atoms in total. The molecule has 2 rings (SSSR count). The van der Waals surface area contributed by atoms with E-state index in [4.69, 9.17) is 5.11 Å². The molecule has 0 spiro atoms. The standard InChI is InChI=1S/C10H19NO/c1-7-4-11(5-8(7)2)10-3-9(10)6-12/h7-10,12H,3-6H2,1-2H3. The Morgan fingerprint density at radius 3 is 2.25 bits per heavy atom. The Bertz CT molecular complexity index is 161. The number of hydrogen-bond acceptors (Lipinski definition) is 2. The summed E-state index contributed by atoms with van der Waals surface area (Å²) in [5.74, 6) is 2.30. The molecule has 1 aliphatic heterocycles. The normalized spacial score (nSPS) is 48.2. The number of aliphatic hydroxyl groups excluding tert-OH is 1. The van der Waals surface area contributed by atoms with E-state index in [1.54, 1.807) is 0 Å². The van der Waals surface area contributed by atoms with Gasteiger partial charge in [-0.05, 0) is 24.2 Å². The second-order valence-corrected chi connectivity index (χ2v) is 4.65. The van der Waals surface area contributed by atoms with Gasteiger partial charge >= 0.3 is 0 Å². The number of aliphatic hydroxyl groups is 1. The molecule has 2 heteroatoms. The summed E-state index contributed by atoms with van der Waals surface area (Å²) >= 11 is 0. The van der Waals surface area contributed by atoms with Crippen molar-refractivity contribution in [1.29, 1.82) is 0 Å². The lowest BCUT2D eigenvalue weighted by atomic mass is 10.0. The van der Waals surface area contributed by atoms with Gasteiger partial charge in [0, 0.05) is 25.7 Å². The summed E-state index contributed by atoms with van der Waals surface area (Å²) in [6.45, 7) is 7.57. The topological polar surface area (TPSA) is 23.5 Å². The van der Waals surface area contributed by atoms with Crippen LogP contribution in [0.15, 0.2) is 0 Å². The van der Waals surface area contributed by atoms with Crippen molar-refractivity contribution in [3.05, 3.63) is 0 Å². The summed E-state index contributed by atoms with van der Waals surface area (Å²) in [5.41, 5.74) is 0. The van der Waals surface area contributed by atoms with Crippen molar-refractivity contribution in [3.8, 4) is 0 Å². The number of likely N-dealkylation sites (tertiary alicyclic amines) is 1. The highest BCUT2D eigenvalue weighted by molar-refractivity contribution is 4.97. The van der Waals surface area contributed by atoms with E-state index < -0.39 is 0 Å². The Labute approximate surface area is 74.6 Å². The maximum atomic E-state index is 8.94. The first-order valence-electron chi connectivity index (χ1n) is 5.07. The average Bonchev–Trinajstić information content (AvgIpc) is 2.75. The van der Waals surface area contributed by atoms with E-state index in [0.717, 1.165) is 17.9 Å². The van der Waals surface area contributed by atoms with Crippen molar-refractivity contribution in [2.24, 2.45) is 17.8 Å². The van der Waals surface area contributed by atoms with Crippen LogP contribution in [-0.2, 0) is 0 Å². The maximum Gasteiger partial charge on any atom is 0.0474 e. The van der Waals surface area contributed by atoms with Crippen molar-refractivity contribution in [2.45, 2.75) is 26.3 Å². The molecule has 0 amide bonds. The van der Waals surface area contributed by atoms with E-state index in [1.165, 1.54) is 19.5 Å². The third kappa shape index (κ3) is 1.38. The van der Waals surface area contributed by atoms with Crippen LogP contribution in [0.1, 0.15) is 20.3 Å². The lowest BCUT2D eigenvalue weighted by molar-refractivity contribution is 0.235. The van der Waals surface area contributed by atoms with Gasteiger partial charge in [0.25, 0.3) is 0 Å². The van der Waals surface area contributed by atoms with Gasteiger partial charge in [-0.15, -0.1) is 0 Å². The molecule has 0 aromatic carbocycles. The minimum absolute atomic E-state index is 0.393. The molecule has 70 valence electrons. The highest BCUT2D eigenvalue weighted by Crippen LogP contribution is 2.39. The van der Waals surface area contributed by atoms with Gasteiger partial charge in [0.15, 0.2) is 0 Å². The molecule has 0 aromatic heterocycles. The van der Waals surface area contributed by atoms with Crippen LogP contribution in [0.25, 0.3) is 0 Å². The van der Waals surface area contributed by atoms with E-state index in [9.17, 15) is 0 Å². The van der Waals surface area contributed by atoms with Crippen LogP contribution in [-0.4, -0.2) is 35.7 Å². The first kappa shape index (κ1) is 8.52. The minimum atomic E-state index is 0.393. The SMILES string of the molecule is CC1CN(C2CC2CO)CC1C. The van der Waals surface area contributed by atoms with Gasteiger partial charge < -0.3 is 5.11 Å². The van der Waals surface area contributed by atoms with Crippen molar-refractivity contribution in [1.82, 2.24) is 4.90 Å². The van der Waals surface area contributed by atoms with Gasteiger partial charge in [0.2, 0.25) is 0 Å². The molecule has 2 aliphatic rings.